The van der Waals surface area contributed by atoms with Crippen LogP contribution in [0.1, 0.15) is 5.56 Å². The molecule has 0 spiro atoms. The van der Waals surface area contributed by atoms with Gasteiger partial charge in [0.1, 0.15) is 12.0 Å². The van der Waals surface area contributed by atoms with E-state index in [4.69, 9.17) is 5.73 Å². The Morgan fingerprint density at radius 1 is 1.54 bits per heavy atom. The zero-order valence-corrected chi connectivity index (χ0v) is 8.08. The summed E-state index contributed by atoms with van der Waals surface area (Å²) in [5.41, 5.74) is 7.59. The molecule has 4 nitrogen and oxygen atoms in total. The molecule has 0 bridgehead atoms. The van der Waals surface area contributed by atoms with Gasteiger partial charge in [0.25, 0.3) is 0 Å². The predicted octanol–water partition coefficient (Wildman–Crippen LogP) is 0.849. The molecule has 0 atom stereocenters. The predicted molar refractivity (Wildman–Crippen MR) is 53.6 cm³/mol. The van der Waals surface area contributed by atoms with E-state index >= 15 is 0 Å². The van der Waals surface area contributed by atoms with Crippen LogP contribution in [0.25, 0.3) is 11.0 Å². The molecule has 0 radical (unpaired) electrons. The number of hydrogen-bond acceptors (Lipinski definition) is 3. The van der Waals surface area contributed by atoms with Gasteiger partial charge in [-0.3, -0.25) is 0 Å². The van der Waals surface area contributed by atoms with Gasteiger partial charge in [-0.15, -0.1) is 12.4 Å². The summed E-state index contributed by atoms with van der Waals surface area (Å²) in [5.74, 6) is 0. The average Bonchev–Trinajstić information content (AvgIpc) is 2.44. The van der Waals surface area contributed by atoms with E-state index in [-0.39, 0.29) is 12.4 Å². The first-order valence-electron chi connectivity index (χ1n) is 3.77. The number of nitrogens with two attached hydrogens (primary N) is 1. The first-order valence-corrected chi connectivity index (χ1v) is 3.77. The van der Waals surface area contributed by atoms with Gasteiger partial charge in [-0.25, -0.2) is 9.97 Å². The van der Waals surface area contributed by atoms with Crippen LogP contribution in [0.15, 0.2) is 18.7 Å². The minimum Gasteiger partial charge on any atom is -0.335 e. The van der Waals surface area contributed by atoms with Gasteiger partial charge in [0.2, 0.25) is 0 Å². The van der Waals surface area contributed by atoms with E-state index in [1.807, 2.05) is 17.8 Å². The number of aryl methyl sites for hydroxylation is 1. The maximum atomic E-state index is 5.56. The van der Waals surface area contributed by atoms with Crippen LogP contribution in [0.5, 0.6) is 0 Å². The standard InChI is InChI=1S/C8H10N4.ClH/c1-12-4-6(2-9)7-3-10-5-11-8(7)12;/h3-5H,2,9H2,1H3;1H. The molecule has 5 heteroatoms. The summed E-state index contributed by atoms with van der Waals surface area (Å²) in [6.07, 6.45) is 5.33. The molecule has 2 N–H and O–H groups in total. The summed E-state index contributed by atoms with van der Waals surface area (Å²) in [7, 11) is 1.95. The topological polar surface area (TPSA) is 56.7 Å². The Morgan fingerprint density at radius 2 is 2.31 bits per heavy atom. The van der Waals surface area contributed by atoms with Crippen molar-refractivity contribution in [2.24, 2.45) is 12.8 Å². The molecule has 0 fully saturated rings. The summed E-state index contributed by atoms with van der Waals surface area (Å²) in [6, 6.07) is 0. The number of nitrogens with zero attached hydrogens (tertiary/aromatic N) is 3. The lowest BCUT2D eigenvalue weighted by Crippen LogP contribution is -1.94. The zero-order chi connectivity index (χ0) is 8.55. The summed E-state index contributed by atoms with van der Waals surface area (Å²) in [6.45, 7) is 0.532. The van der Waals surface area contributed by atoms with Crippen LogP contribution in [-0.2, 0) is 13.6 Å². The Morgan fingerprint density at radius 3 is 3.00 bits per heavy atom. The highest BCUT2D eigenvalue weighted by molar-refractivity contribution is 5.85. The van der Waals surface area contributed by atoms with Crippen LogP contribution in [-0.4, -0.2) is 14.5 Å². The third-order valence-electron chi connectivity index (χ3n) is 1.94. The van der Waals surface area contributed by atoms with Gasteiger partial charge >= 0.3 is 0 Å². The fourth-order valence-corrected chi connectivity index (χ4v) is 1.36. The second-order valence-corrected chi connectivity index (χ2v) is 2.73. The molecule has 0 aromatic carbocycles. The van der Waals surface area contributed by atoms with Crippen LogP contribution in [0.2, 0.25) is 0 Å². The van der Waals surface area contributed by atoms with Gasteiger partial charge in [0.15, 0.2) is 0 Å². The Balaban J connectivity index is 0.000000845. The van der Waals surface area contributed by atoms with Gasteiger partial charge in [0, 0.05) is 31.4 Å². The van der Waals surface area contributed by atoms with Crippen molar-refractivity contribution in [3.63, 3.8) is 0 Å². The second-order valence-electron chi connectivity index (χ2n) is 2.73. The Bertz CT molecular complexity index is 409. The van der Waals surface area contributed by atoms with Gasteiger partial charge in [-0.1, -0.05) is 0 Å². The van der Waals surface area contributed by atoms with Crippen LogP contribution < -0.4 is 5.73 Å². The van der Waals surface area contributed by atoms with Crippen molar-refractivity contribution >= 4 is 23.4 Å². The molecule has 0 saturated heterocycles. The summed E-state index contributed by atoms with van der Waals surface area (Å²) in [4.78, 5) is 8.10. The molecule has 2 heterocycles. The molecule has 0 aliphatic heterocycles. The summed E-state index contributed by atoms with van der Waals surface area (Å²) < 4.78 is 1.96. The quantitative estimate of drug-likeness (QED) is 0.739. The maximum absolute atomic E-state index is 5.56. The third-order valence-corrected chi connectivity index (χ3v) is 1.94. The van der Waals surface area contributed by atoms with Gasteiger partial charge < -0.3 is 10.3 Å². The van der Waals surface area contributed by atoms with E-state index < -0.39 is 0 Å². The van der Waals surface area contributed by atoms with E-state index in [0.717, 1.165) is 16.6 Å². The van der Waals surface area contributed by atoms with Gasteiger partial charge in [-0.2, -0.15) is 0 Å². The Kier molecular flexibility index (Phi) is 2.85. The smallest absolute Gasteiger partial charge is 0.143 e. The molecular weight excluding hydrogens is 188 g/mol. The fourth-order valence-electron chi connectivity index (χ4n) is 1.36. The summed E-state index contributed by atoms with van der Waals surface area (Å²) >= 11 is 0. The molecule has 0 aliphatic rings. The molecule has 2 aromatic heterocycles. The highest BCUT2D eigenvalue weighted by Gasteiger charge is 2.04. The number of rotatable bonds is 1. The summed E-state index contributed by atoms with van der Waals surface area (Å²) in [5, 5.41) is 1.04. The average molecular weight is 199 g/mol. The van der Waals surface area contributed by atoms with Crippen molar-refractivity contribution in [1.82, 2.24) is 14.5 Å². The van der Waals surface area contributed by atoms with Gasteiger partial charge in [-0.05, 0) is 5.56 Å². The molecule has 70 valence electrons. The van der Waals surface area contributed by atoms with Crippen LogP contribution in [0.4, 0.5) is 0 Å². The van der Waals surface area contributed by atoms with E-state index in [9.17, 15) is 0 Å². The van der Waals surface area contributed by atoms with Crippen LogP contribution in [0, 0.1) is 0 Å². The van der Waals surface area contributed by atoms with Crippen LogP contribution >= 0.6 is 12.4 Å². The van der Waals surface area contributed by atoms with E-state index in [1.54, 1.807) is 12.5 Å². The second kappa shape index (κ2) is 3.72. The molecule has 13 heavy (non-hydrogen) atoms. The molecule has 0 unspecified atom stereocenters. The number of halogens is 1. The fraction of sp³-hybridized carbons (Fsp3) is 0.250. The Labute approximate surface area is 82.2 Å². The van der Waals surface area contributed by atoms with Crippen molar-refractivity contribution < 1.29 is 0 Å². The lowest BCUT2D eigenvalue weighted by molar-refractivity contribution is 0.930. The van der Waals surface area contributed by atoms with Crippen LogP contribution in [0.3, 0.4) is 0 Å². The first-order chi connectivity index (χ1) is 5.83. The zero-order valence-electron chi connectivity index (χ0n) is 7.27. The molecule has 2 rings (SSSR count). The number of fused-ring (bicyclic) bond motifs is 1. The van der Waals surface area contributed by atoms with E-state index in [1.165, 1.54) is 0 Å². The molecule has 0 amide bonds. The highest BCUT2D eigenvalue weighted by Crippen LogP contribution is 2.15. The lowest BCUT2D eigenvalue weighted by Gasteiger charge is -1.91. The Hall–Kier alpha value is -1.13. The van der Waals surface area contributed by atoms with Crippen molar-refractivity contribution in [2.75, 3.05) is 0 Å². The number of aromatic nitrogens is 3. The minimum atomic E-state index is 0. The van der Waals surface area contributed by atoms with E-state index in [2.05, 4.69) is 9.97 Å². The van der Waals surface area contributed by atoms with E-state index in [0.29, 0.717) is 6.54 Å². The monoisotopic (exact) mass is 198 g/mol. The molecule has 2 aromatic rings. The highest BCUT2D eigenvalue weighted by atomic mass is 35.5. The third kappa shape index (κ3) is 1.50. The van der Waals surface area contributed by atoms with Crippen molar-refractivity contribution in [3.05, 3.63) is 24.3 Å². The molecule has 0 saturated carbocycles. The minimum absolute atomic E-state index is 0. The number of hydrogen-bond donors (Lipinski definition) is 1. The van der Waals surface area contributed by atoms with Crippen molar-refractivity contribution in [1.29, 1.82) is 0 Å². The molecular formula is C8H11ClN4. The lowest BCUT2D eigenvalue weighted by atomic mass is 10.2. The SMILES string of the molecule is Cl.Cn1cc(CN)c2cncnc21. The van der Waals surface area contributed by atoms with Crippen molar-refractivity contribution in [3.8, 4) is 0 Å². The van der Waals surface area contributed by atoms with Gasteiger partial charge in [0.05, 0.1) is 0 Å². The molecule has 0 aliphatic carbocycles. The first kappa shape index (κ1) is 9.95. The largest absolute Gasteiger partial charge is 0.335 e. The normalized spacial score (nSPS) is 10.0. The maximum Gasteiger partial charge on any atom is 0.143 e. The van der Waals surface area contributed by atoms with Crippen molar-refractivity contribution in [2.45, 2.75) is 6.54 Å².